The van der Waals surface area contributed by atoms with Crippen molar-refractivity contribution in [2.75, 3.05) is 6.66 Å². The van der Waals surface area contributed by atoms with Gasteiger partial charge in [-0.25, -0.2) is 0 Å². The Labute approximate surface area is 172 Å². The summed E-state index contributed by atoms with van der Waals surface area (Å²) in [6.45, 7) is 17.9. The lowest BCUT2D eigenvalue weighted by Gasteiger charge is -2.15. The fourth-order valence-electron chi connectivity index (χ4n) is 1.51. The van der Waals surface area contributed by atoms with Crippen LogP contribution in [-0.2, 0) is 18.9 Å². The predicted octanol–water partition coefficient (Wildman–Crippen LogP) is 4.46. The van der Waals surface area contributed by atoms with Crippen molar-refractivity contribution in [3.8, 4) is 0 Å². The molecule has 3 N–H and O–H groups in total. The molecule has 0 aromatic rings. The minimum Gasteiger partial charge on any atom is -0.344 e. The molecule has 7 heteroatoms. The van der Waals surface area contributed by atoms with Crippen molar-refractivity contribution in [3.63, 3.8) is 0 Å². The second-order valence-corrected chi connectivity index (χ2v) is 11.5. The summed E-state index contributed by atoms with van der Waals surface area (Å²) in [4.78, 5) is 41.3. The zero-order valence-electron chi connectivity index (χ0n) is 19.6. The normalized spacial score (nSPS) is 14.0. The zero-order valence-corrected chi connectivity index (χ0v) is 20.5. The maximum absolute atomic E-state index is 11.2. The van der Waals surface area contributed by atoms with E-state index in [1.165, 1.54) is 6.66 Å². The number of carbonyl (C=O) groups excluding carboxylic acids is 3. The molecule has 0 radical (unpaired) electrons. The number of nitrogens with two attached hydrogens (primary N) is 1. The van der Waals surface area contributed by atoms with Crippen molar-refractivity contribution in [3.05, 3.63) is 0 Å². The van der Waals surface area contributed by atoms with Gasteiger partial charge in [-0.15, -0.1) is 0 Å². The summed E-state index contributed by atoms with van der Waals surface area (Å²) in [7, 11) is -2.74. The van der Waals surface area contributed by atoms with Crippen LogP contribution in [0.4, 0.5) is 0 Å². The molecule has 0 aromatic heterocycles. The Kier molecular flexibility index (Phi) is 18.2. The quantitative estimate of drug-likeness (QED) is 0.531. The second kappa shape index (κ2) is 16.0. The van der Waals surface area contributed by atoms with Crippen molar-refractivity contribution in [2.24, 2.45) is 23.5 Å². The van der Waals surface area contributed by atoms with Crippen LogP contribution in [0.5, 0.6) is 0 Å². The van der Waals surface area contributed by atoms with Gasteiger partial charge in [-0.1, -0.05) is 55.4 Å². The molecular formula is C21H44NO5P. The highest BCUT2D eigenvalue weighted by Gasteiger charge is 2.19. The standard InChI is InChI=1S/C9H16O2.C8H17NO.C4H11O2P/c1-7(2)9(11)6-4-5-8(3)10;1-5(2)7(9)8(10)6(3)4;1-4(2)7(3,5)6/h7H,4-6H2,1-3H3;5-7H,9H2,1-4H3;4H,1-3H3,(H,5,6)/t;7-;/m.0./s1. The third-order valence-corrected chi connectivity index (χ3v) is 6.09. The summed E-state index contributed by atoms with van der Waals surface area (Å²) >= 11 is 0. The van der Waals surface area contributed by atoms with Gasteiger partial charge in [0, 0.05) is 37.0 Å². The molecule has 6 nitrogen and oxygen atoms in total. The highest BCUT2D eigenvalue weighted by atomic mass is 31.2. The fraction of sp³-hybridized carbons (Fsp3) is 0.857. The van der Waals surface area contributed by atoms with Crippen LogP contribution < -0.4 is 5.73 Å². The molecule has 1 unspecified atom stereocenters. The zero-order chi connectivity index (χ0) is 23.2. The van der Waals surface area contributed by atoms with E-state index in [2.05, 4.69) is 0 Å². The van der Waals surface area contributed by atoms with Crippen LogP contribution in [0, 0.1) is 17.8 Å². The van der Waals surface area contributed by atoms with Crippen molar-refractivity contribution in [1.29, 1.82) is 0 Å². The monoisotopic (exact) mass is 421 g/mol. The van der Waals surface area contributed by atoms with Crippen LogP contribution in [0.3, 0.4) is 0 Å². The van der Waals surface area contributed by atoms with E-state index in [0.717, 1.165) is 0 Å². The SMILES string of the molecule is CC(=O)CCCC(=O)C(C)C.CC(C)C(=O)[C@@H](N)C(C)C.CC(C)P(C)(=O)O. The molecule has 0 saturated carbocycles. The van der Waals surface area contributed by atoms with Crippen molar-refractivity contribution in [1.82, 2.24) is 0 Å². The first kappa shape index (κ1) is 31.8. The van der Waals surface area contributed by atoms with E-state index in [-0.39, 0.29) is 46.8 Å². The van der Waals surface area contributed by atoms with Gasteiger partial charge in [0.1, 0.15) is 11.6 Å². The topological polar surface area (TPSA) is 115 Å². The maximum Gasteiger partial charge on any atom is 0.200 e. The molecule has 0 spiro atoms. The first-order chi connectivity index (χ1) is 12.4. The van der Waals surface area contributed by atoms with Crippen LogP contribution in [0.1, 0.15) is 81.6 Å². The molecule has 0 aliphatic carbocycles. The Balaban J connectivity index is -0.000000343. The predicted molar refractivity (Wildman–Crippen MR) is 118 cm³/mol. The Morgan fingerprint density at radius 2 is 1.29 bits per heavy atom. The second-order valence-electron chi connectivity index (χ2n) is 8.54. The molecule has 28 heavy (non-hydrogen) atoms. The number of rotatable bonds is 9. The summed E-state index contributed by atoms with van der Waals surface area (Å²) in [5.74, 6) is 1.03. The molecule has 0 aromatic carbocycles. The van der Waals surface area contributed by atoms with E-state index in [4.69, 9.17) is 10.6 Å². The highest BCUT2D eigenvalue weighted by molar-refractivity contribution is 7.57. The van der Waals surface area contributed by atoms with Gasteiger partial charge in [-0.05, 0) is 19.3 Å². The lowest BCUT2D eigenvalue weighted by atomic mass is 9.94. The Hall–Kier alpha value is -0.840. The first-order valence-electron chi connectivity index (χ1n) is 10.1. The summed E-state index contributed by atoms with van der Waals surface area (Å²) in [5.41, 5.74) is 5.52. The van der Waals surface area contributed by atoms with Crippen molar-refractivity contribution >= 4 is 24.7 Å². The van der Waals surface area contributed by atoms with Gasteiger partial charge in [-0.2, -0.15) is 0 Å². The Bertz CT molecular complexity index is 507. The summed E-state index contributed by atoms with van der Waals surface area (Å²) in [6, 6.07) is -0.278. The minimum absolute atomic E-state index is 0.0670. The first-order valence-corrected chi connectivity index (χ1v) is 12.2. The van der Waals surface area contributed by atoms with Crippen LogP contribution in [-0.4, -0.2) is 40.6 Å². The van der Waals surface area contributed by atoms with E-state index < -0.39 is 7.37 Å². The van der Waals surface area contributed by atoms with Gasteiger partial charge in [0.25, 0.3) is 0 Å². The Morgan fingerprint density at radius 1 is 0.893 bits per heavy atom. The number of Topliss-reactive ketones (excluding diaryl/α,β-unsaturated/α-hetero) is 3. The van der Waals surface area contributed by atoms with Gasteiger partial charge in [0.2, 0.25) is 0 Å². The van der Waals surface area contributed by atoms with E-state index >= 15 is 0 Å². The summed E-state index contributed by atoms with van der Waals surface area (Å²) in [5, 5.41) is 0. The molecule has 0 aliphatic rings. The van der Waals surface area contributed by atoms with Gasteiger partial charge in [0.05, 0.1) is 6.04 Å². The molecule has 0 bridgehead atoms. The highest BCUT2D eigenvalue weighted by Crippen LogP contribution is 2.40. The molecule has 0 heterocycles. The van der Waals surface area contributed by atoms with Crippen LogP contribution in [0.2, 0.25) is 0 Å². The molecule has 0 amide bonds. The molecule has 168 valence electrons. The molecule has 0 saturated heterocycles. The number of hydrogen-bond donors (Lipinski definition) is 2. The molecular weight excluding hydrogens is 377 g/mol. The van der Waals surface area contributed by atoms with Crippen molar-refractivity contribution < 1.29 is 23.8 Å². The number of hydrogen-bond acceptors (Lipinski definition) is 5. The summed E-state index contributed by atoms with van der Waals surface area (Å²) < 4.78 is 10.5. The van der Waals surface area contributed by atoms with Gasteiger partial charge < -0.3 is 15.4 Å². The van der Waals surface area contributed by atoms with Crippen LogP contribution in [0.25, 0.3) is 0 Å². The molecule has 0 fully saturated rings. The van der Waals surface area contributed by atoms with Gasteiger partial charge in [0.15, 0.2) is 13.2 Å². The van der Waals surface area contributed by atoms with Crippen LogP contribution in [0.15, 0.2) is 0 Å². The smallest absolute Gasteiger partial charge is 0.200 e. The fourth-order valence-corrected chi connectivity index (χ4v) is 1.51. The van der Waals surface area contributed by atoms with Crippen LogP contribution >= 0.6 is 7.37 Å². The van der Waals surface area contributed by atoms with E-state index in [1.807, 2.05) is 41.5 Å². The van der Waals surface area contributed by atoms with E-state index in [9.17, 15) is 18.9 Å². The largest absolute Gasteiger partial charge is 0.344 e. The van der Waals surface area contributed by atoms with Crippen molar-refractivity contribution in [2.45, 2.75) is 93.3 Å². The van der Waals surface area contributed by atoms with Gasteiger partial charge in [-0.3, -0.25) is 14.2 Å². The molecule has 0 rings (SSSR count). The lowest BCUT2D eigenvalue weighted by Crippen LogP contribution is -2.38. The third-order valence-electron chi connectivity index (χ3n) is 4.17. The Morgan fingerprint density at radius 3 is 1.46 bits per heavy atom. The van der Waals surface area contributed by atoms with Gasteiger partial charge >= 0.3 is 0 Å². The maximum atomic E-state index is 11.2. The van der Waals surface area contributed by atoms with E-state index in [0.29, 0.717) is 19.3 Å². The molecule has 2 atom stereocenters. The minimum atomic E-state index is -2.74. The number of carbonyl (C=O) groups is 3. The lowest BCUT2D eigenvalue weighted by molar-refractivity contribution is -0.124. The summed E-state index contributed by atoms with van der Waals surface area (Å²) in [6.07, 6.45) is 1.81. The third kappa shape index (κ3) is 19.9. The number of ketones is 3. The average molecular weight is 422 g/mol. The van der Waals surface area contributed by atoms with E-state index in [1.54, 1.807) is 20.8 Å². The molecule has 0 aliphatic heterocycles. The average Bonchev–Trinajstić information content (AvgIpc) is 2.52.